The normalized spacial score (nSPS) is 19.8. The number of aryl methyl sites for hydroxylation is 1. The molecular weight excluding hydrogens is 316 g/mol. The van der Waals surface area contributed by atoms with Gasteiger partial charge in [0.1, 0.15) is 0 Å². The Balaban J connectivity index is 1.72. The van der Waals surface area contributed by atoms with Crippen molar-refractivity contribution in [3.05, 3.63) is 57.8 Å². The predicted octanol–water partition coefficient (Wildman–Crippen LogP) is 4.14. The minimum Gasteiger partial charge on any atom is -0.343 e. The van der Waals surface area contributed by atoms with Crippen LogP contribution in [-0.4, -0.2) is 29.9 Å². The first-order valence-corrected chi connectivity index (χ1v) is 9.65. The molecular formula is C20H26N2OS. The van der Waals surface area contributed by atoms with E-state index in [0.717, 1.165) is 12.1 Å². The Morgan fingerprint density at radius 2 is 2.08 bits per heavy atom. The summed E-state index contributed by atoms with van der Waals surface area (Å²) in [5, 5.41) is 5.32. The number of nitrogens with one attached hydrogen (secondary N) is 1. The molecule has 2 unspecified atom stereocenters. The molecule has 0 bridgehead atoms. The molecule has 2 atom stereocenters. The van der Waals surface area contributed by atoms with Gasteiger partial charge in [0.25, 0.3) is 0 Å². The summed E-state index contributed by atoms with van der Waals surface area (Å²) in [6, 6.07) is 13.0. The monoisotopic (exact) mass is 342 g/mol. The minimum atomic E-state index is -0.0572. The van der Waals surface area contributed by atoms with Crippen LogP contribution in [0.4, 0.5) is 0 Å². The number of benzene rings is 1. The van der Waals surface area contributed by atoms with Gasteiger partial charge in [-0.3, -0.25) is 9.69 Å². The Hall–Kier alpha value is -1.65. The predicted molar refractivity (Wildman–Crippen MR) is 100 cm³/mol. The van der Waals surface area contributed by atoms with Crippen LogP contribution >= 0.6 is 11.3 Å². The van der Waals surface area contributed by atoms with Crippen molar-refractivity contribution in [2.24, 2.45) is 0 Å². The largest absolute Gasteiger partial charge is 0.343 e. The van der Waals surface area contributed by atoms with E-state index < -0.39 is 0 Å². The average Bonchev–Trinajstić information content (AvgIpc) is 3.10. The number of hydrogen-bond acceptors (Lipinski definition) is 3. The van der Waals surface area contributed by atoms with E-state index in [0.29, 0.717) is 12.6 Å². The minimum absolute atomic E-state index is 0.0572. The first-order chi connectivity index (χ1) is 11.6. The molecule has 1 aliphatic heterocycles. The third kappa shape index (κ3) is 4.25. The second-order valence-corrected chi connectivity index (χ2v) is 7.72. The summed E-state index contributed by atoms with van der Waals surface area (Å²) in [4.78, 5) is 16.1. The number of likely N-dealkylation sites (tertiary alicyclic amines) is 1. The van der Waals surface area contributed by atoms with Crippen LogP contribution in [0.1, 0.15) is 48.2 Å². The van der Waals surface area contributed by atoms with Crippen LogP contribution in [0.15, 0.2) is 41.8 Å². The third-order valence-electron chi connectivity index (χ3n) is 4.83. The van der Waals surface area contributed by atoms with E-state index >= 15 is 0 Å². The molecule has 1 aliphatic rings. The van der Waals surface area contributed by atoms with Gasteiger partial charge >= 0.3 is 0 Å². The number of nitrogens with zero attached hydrogens (tertiary/aromatic N) is 1. The summed E-state index contributed by atoms with van der Waals surface area (Å²) in [5.74, 6) is 0.114. The van der Waals surface area contributed by atoms with E-state index in [4.69, 9.17) is 0 Å². The summed E-state index contributed by atoms with van der Waals surface area (Å²) >= 11 is 1.69. The number of carbonyl (C=O) groups excluding carboxylic acids is 1. The smallest absolute Gasteiger partial charge is 0.234 e. The molecule has 1 N–H and O–H groups in total. The average molecular weight is 343 g/mol. The molecule has 1 fully saturated rings. The summed E-state index contributed by atoms with van der Waals surface area (Å²) < 4.78 is 0. The van der Waals surface area contributed by atoms with Gasteiger partial charge < -0.3 is 5.32 Å². The van der Waals surface area contributed by atoms with Gasteiger partial charge in [0.05, 0.1) is 12.6 Å². The molecule has 3 nitrogen and oxygen atoms in total. The van der Waals surface area contributed by atoms with Gasteiger partial charge in [-0.25, -0.2) is 0 Å². The van der Waals surface area contributed by atoms with Crippen LogP contribution in [0.5, 0.6) is 0 Å². The second kappa shape index (κ2) is 7.95. The number of piperidine rings is 1. The Kier molecular flexibility index (Phi) is 5.69. The molecule has 3 rings (SSSR count). The lowest BCUT2D eigenvalue weighted by molar-refractivity contribution is -0.123. The number of thiophene rings is 1. The molecule has 0 aliphatic carbocycles. The van der Waals surface area contributed by atoms with Gasteiger partial charge in [-0.1, -0.05) is 42.3 Å². The molecule has 128 valence electrons. The zero-order chi connectivity index (χ0) is 16.9. The Labute approximate surface area is 148 Å². The van der Waals surface area contributed by atoms with E-state index in [1.54, 1.807) is 11.3 Å². The summed E-state index contributed by atoms with van der Waals surface area (Å²) in [6.07, 6.45) is 3.67. The fourth-order valence-corrected chi connectivity index (χ4v) is 4.12. The Morgan fingerprint density at radius 3 is 2.75 bits per heavy atom. The first kappa shape index (κ1) is 17.2. The number of rotatable bonds is 5. The maximum absolute atomic E-state index is 12.7. The topological polar surface area (TPSA) is 32.3 Å². The molecule has 2 heterocycles. The Bertz CT molecular complexity index is 651. The second-order valence-electron chi connectivity index (χ2n) is 6.74. The highest BCUT2D eigenvalue weighted by atomic mass is 32.1. The van der Waals surface area contributed by atoms with Crippen LogP contribution in [0, 0.1) is 6.92 Å². The van der Waals surface area contributed by atoms with E-state index in [1.807, 2.05) is 6.07 Å². The van der Waals surface area contributed by atoms with Crippen molar-refractivity contribution in [3.63, 3.8) is 0 Å². The van der Waals surface area contributed by atoms with E-state index in [-0.39, 0.29) is 11.9 Å². The van der Waals surface area contributed by atoms with Gasteiger partial charge in [0.2, 0.25) is 5.91 Å². The number of amides is 1. The van der Waals surface area contributed by atoms with Crippen molar-refractivity contribution in [3.8, 4) is 0 Å². The van der Waals surface area contributed by atoms with Crippen LogP contribution < -0.4 is 5.32 Å². The fourth-order valence-electron chi connectivity index (χ4n) is 3.32. The molecule has 1 amide bonds. The maximum Gasteiger partial charge on any atom is 0.234 e. The van der Waals surface area contributed by atoms with Crippen LogP contribution in [0.3, 0.4) is 0 Å². The zero-order valence-corrected chi connectivity index (χ0v) is 15.3. The summed E-state index contributed by atoms with van der Waals surface area (Å²) in [6.45, 7) is 5.83. The highest BCUT2D eigenvalue weighted by Crippen LogP contribution is 2.26. The molecule has 1 saturated heterocycles. The highest BCUT2D eigenvalue weighted by molar-refractivity contribution is 7.10. The molecule has 4 heteroatoms. The van der Waals surface area contributed by atoms with Gasteiger partial charge in [-0.2, -0.15) is 0 Å². The van der Waals surface area contributed by atoms with E-state index in [1.165, 1.54) is 29.7 Å². The van der Waals surface area contributed by atoms with Crippen molar-refractivity contribution < 1.29 is 4.79 Å². The molecule has 1 aromatic heterocycles. The lowest BCUT2D eigenvalue weighted by Crippen LogP contribution is -2.45. The summed E-state index contributed by atoms with van der Waals surface area (Å²) in [7, 11) is 0. The summed E-state index contributed by atoms with van der Waals surface area (Å²) in [5.41, 5.74) is 2.38. The quantitative estimate of drug-likeness (QED) is 0.886. The van der Waals surface area contributed by atoms with Gasteiger partial charge in [0.15, 0.2) is 0 Å². The van der Waals surface area contributed by atoms with Crippen molar-refractivity contribution in [1.29, 1.82) is 0 Å². The molecule has 0 saturated carbocycles. The molecule has 2 aromatic rings. The Morgan fingerprint density at radius 1 is 1.29 bits per heavy atom. The van der Waals surface area contributed by atoms with Crippen molar-refractivity contribution in [2.45, 2.75) is 45.2 Å². The first-order valence-electron chi connectivity index (χ1n) is 8.77. The third-order valence-corrected chi connectivity index (χ3v) is 5.77. The van der Waals surface area contributed by atoms with Crippen molar-refractivity contribution in [1.82, 2.24) is 10.2 Å². The SMILES string of the molecule is Cc1ccc(C(NC(=O)CN2CCCCC2C)c2cccs2)cc1. The van der Waals surface area contributed by atoms with E-state index in [2.05, 4.69) is 59.8 Å². The van der Waals surface area contributed by atoms with Crippen LogP contribution in [0.25, 0.3) is 0 Å². The number of hydrogen-bond donors (Lipinski definition) is 1. The molecule has 1 aromatic carbocycles. The maximum atomic E-state index is 12.7. The van der Waals surface area contributed by atoms with Gasteiger partial charge in [-0.15, -0.1) is 11.3 Å². The highest BCUT2D eigenvalue weighted by Gasteiger charge is 2.23. The number of carbonyl (C=O) groups is 1. The van der Waals surface area contributed by atoms with Gasteiger partial charge in [-0.05, 0) is 50.2 Å². The van der Waals surface area contributed by atoms with Crippen molar-refractivity contribution >= 4 is 17.2 Å². The fraction of sp³-hybridized carbons (Fsp3) is 0.450. The van der Waals surface area contributed by atoms with E-state index in [9.17, 15) is 4.79 Å². The zero-order valence-electron chi connectivity index (χ0n) is 14.5. The van der Waals surface area contributed by atoms with Gasteiger partial charge in [0, 0.05) is 10.9 Å². The molecule has 0 spiro atoms. The molecule has 0 radical (unpaired) electrons. The van der Waals surface area contributed by atoms with Crippen molar-refractivity contribution in [2.75, 3.05) is 13.1 Å². The van der Waals surface area contributed by atoms with Crippen LogP contribution in [-0.2, 0) is 4.79 Å². The van der Waals surface area contributed by atoms with Crippen LogP contribution in [0.2, 0.25) is 0 Å². The lowest BCUT2D eigenvalue weighted by atomic mass is 10.0. The molecule has 24 heavy (non-hydrogen) atoms. The lowest BCUT2D eigenvalue weighted by Gasteiger charge is -2.33. The standard InChI is InChI=1S/C20H26N2OS/c1-15-8-10-17(11-9-15)20(18-7-5-13-24-18)21-19(23)14-22-12-4-3-6-16(22)2/h5,7-11,13,16,20H,3-4,6,12,14H2,1-2H3,(H,21,23).